The van der Waals surface area contributed by atoms with Crippen molar-refractivity contribution in [2.45, 2.75) is 0 Å². The van der Waals surface area contributed by atoms with Crippen LogP contribution in [0.25, 0.3) is 6.08 Å². The average molecular weight is 397 g/mol. The van der Waals surface area contributed by atoms with E-state index in [0.717, 1.165) is 0 Å². The van der Waals surface area contributed by atoms with Crippen LogP contribution in [0.3, 0.4) is 0 Å². The summed E-state index contributed by atoms with van der Waals surface area (Å²) in [6.07, 6.45) is 1.34. The highest BCUT2D eigenvalue weighted by Crippen LogP contribution is 2.33. The van der Waals surface area contributed by atoms with Gasteiger partial charge in [-0.05, 0) is 35.9 Å². The van der Waals surface area contributed by atoms with Crippen LogP contribution in [0.4, 0.5) is 0 Å². The molecule has 2 aromatic rings. The maximum absolute atomic E-state index is 12.7. The minimum Gasteiger partial charge on any atom is -0.496 e. The lowest BCUT2D eigenvalue weighted by atomic mass is 10.1. The summed E-state index contributed by atoms with van der Waals surface area (Å²) < 4.78 is 25.7. The number of carbonyl (C=O) groups excluding carboxylic acids is 2. The third kappa shape index (κ3) is 4.84. The number of ether oxygens (including phenoxy) is 5. The van der Waals surface area contributed by atoms with Gasteiger partial charge in [0.15, 0.2) is 11.5 Å². The molecule has 0 radical (unpaired) electrons. The Hall–Kier alpha value is -3.99. The third-order valence-corrected chi connectivity index (χ3v) is 3.86. The second-order valence-electron chi connectivity index (χ2n) is 5.50. The molecule has 0 bridgehead atoms. The summed E-state index contributed by atoms with van der Waals surface area (Å²) in [5.74, 6) is -0.505. The molecule has 0 aliphatic rings. The number of esters is 2. The second-order valence-corrected chi connectivity index (χ2v) is 5.50. The molecule has 0 saturated carbocycles. The number of hydrogen-bond donors (Lipinski definition) is 0. The maximum Gasteiger partial charge on any atom is 0.351 e. The first-order valence-electron chi connectivity index (χ1n) is 8.30. The molecule has 0 heterocycles. The van der Waals surface area contributed by atoms with E-state index in [4.69, 9.17) is 24.2 Å². The van der Waals surface area contributed by atoms with Crippen molar-refractivity contribution < 1.29 is 33.3 Å². The van der Waals surface area contributed by atoms with E-state index in [2.05, 4.69) is 4.74 Å². The molecule has 0 amide bonds. The summed E-state index contributed by atoms with van der Waals surface area (Å²) >= 11 is 0. The summed E-state index contributed by atoms with van der Waals surface area (Å²) in [6, 6.07) is 11.2. The lowest BCUT2D eigenvalue weighted by Gasteiger charge is -2.14. The Morgan fingerprint density at radius 3 is 2.03 bits per heavy atom. The van der Waals surface area contributed by atoms with Crippen molar-refractivity contribution >= 4 is 18.0 Å². The van der Waals surface area contributed by atoms with Crippen LogP contribution in [0.1, 0.15) is 15.9 Å². The SMILES string of the molecule is COC(=O)/C(C#N)=C/c1ccc(OC(=O)c2c(OC)cccc2OC)c(OC)c1. The zero-order valence-electron chi connectivity index (χ0n) is 16.3. The van der Waals surface area contributed by atoms with E-state index in [0.29, 0.717) is 17.1 Å². The van der Waals surface area contributed by atoms with Gasteiger partial charge in [-0.2, -0.15) is 5.26 Å². The number of nitrogens with zero attached hydrogens (tertiary/aromatic N) is 1. The fourth-order valence-electron chi connectivity index (χ4n) is 2.48. The highest BCUT2D eigenvalue weighted by molar-refractivity contribution is 5.98. The highest BCUT2D eigenvalue weighted by Gasteiger charge is 2.22. The molecule has 29 heavy (non-hydrogen) atoms. The number of carbonyl (C=O) groups is 2. The van der Waals surface area contributed by atoms with Crippen molar-refractivity contribution in [3.8, 4) is 29.1 Å². The van der Waals surface area contributed by atoms with E-state index in [-0.39, 0.29) is 22.6 Å². The number of hydrogen-bond acceptors (Lipinski definition) is 8. The molecule has 0 aromatic heterocycles. The molecular weight excluding hydrogens is 378 g/mol. The van der Waals surface area contributed by atoms with E-state index in [1.807, 2.05) is 0 Å². The fourth-order valence-corrected chi connectivity index (χ4v) is 2.48. The number of benzene rings is 2. The molecule has 0 fully saturated rings. The van der Waals surface area contributed by atoms with Gasteiger partial charge in [0.2, 0.25) is 0 Å². The van der Waals surface area contributed by atoms with Crippen LogP contribution >= 0.6 is 0 Å². The van der Waals surface area contributed by atoms with Crippen molar-refractivity contribution in [3.63, 3.8) is 0 Å². The summed E-state index contributed by atoms with van der Waals surface area (Å²) in [7, 11) is 5.45. The van der Waals surface area contributed by atoms with Gasteiger partial charge in [0.25, 0.3) is 0 Å². The topological polar surface area (TPSA) is 104 Å². The number of methoxy groups -OCH3 is 4. The first-order chi connectivity index (χ1) is 14.0. The zero-order valence-corrected chi connectivity index (χ0v) is 16.3. The summed E-state index contributed by atoms with van der Waals surface area (Å²) in [6.45, 7) is 0. The Kier molecular flexibility index (Phi) is 7.20. The molecule has 0 atom stereocenters. The number of rotatable bonds is 7. The average Bonchev–Trinajstić information content (AvgIpc) is 2.76. The predicted octanol–water partition coefficient (Wildman–Crippen LogP) is 3.01. The van der Waals surface area contributed by atoms with Gasteiger partial charge in [-0.3, -0.25) is 0 Å². The van der Waals surface area contributed by atoms with Crippen LogP contribution in [0, 0.1) is 11.3 Å². The van der Waals surface area contributed by atoms with Crippen LogP contribution in [-0.2, 0) is 9.53 Å². The molecule has 2 rings (SSSR count). The van der Waals surface area contributed by atoms with Crippen LogP contribution in [0.2, 0.25) is 0 Å². The summed E-state index contributed by atoms with van der Waals surface area (Å²) in [4.78, 5) is 24.3. The lowest BCUT2D eigenvalue weighted by molar-refractivity contribution is -0.135. The van der Waals surface area contributed by atoms with E-state index in [1.165, 1.54) is 46.6 Å². The Morgan fingerprint density at radius 1 is 0.897 bits per heavy atom. The molecule has 8 nitrogen and oxygen atoms in total. The first-order valence-corrected chi connectivity index (χ1v) is 8.30. The summed E-state index contributed by atoms with van der Waals surface area (Å²) in [5.41, 5.74) is 0.428. The van der Waals surface area contributed by atoms with Crippen molar-refractivity contribution in [3.05, 3.63) is 53.1 Å². The monoisotopic (exact) mass is 397 g/mol. The van der Waals surface area contributed by atoms with Gasteiger partial charge in [0.1, 0.15) is 28.7 Å². The van der Waals surface area contributed by atoms with Gasteiger partial charge in [-0.1, -0.05) is 12.1 Å². The minimum absolute atomic E-state index is 0.126. The fraction of sp³-hybridized carbons (Fsp3) is 0.190. The van der Waals surface area contributed by atoms with Gasteiger partial charge >= 0.3 is 11.9 Å². The Morgan fingerprint density at radius 2 is 1.52 bits per heavy atom. The van der Waals surface area contributed by atoms with E-state index in [1.54, 1.807) is 30.3 Å². The predicted molar refractivity (Wildman–Crippen MR) is 103 cm³/mol. The maximum atomic E-state index is 12.7. The standard InChI is InChI=1S/C21H19NO7/c1-25-16-6-5-7-17(26-2)19(16)21(24)29-15-9-8-13(11-18(15)27-3)10-14(12-22)20(23)28-4/h5-11H,1-4H3/b14-10+. The van der Waals surface area contributed by atoms with Gasteiger partial charge < -0.3 is 23.7 Å². The second kappa shape index (κ2) is 9.80. The molecular formula is C21H19NO7. The van der Waals surface area contributed by atoms with Crippen molar-refractivity contribution in [2.75, 3.05) is 28.4 Å². The highest BCUT2D eigenvalue weighted by atomic mass is 16.6. The Balaban J connectivity index is 2.38. The van der Waals surface area contributed by atoms with E-state index in [9.17, 15) is 9.59 Å². The third-order valence-electron chi connectivity index (χ3n) is 3.86. The number of nitriles is 1. The minimum atomic E-state index is -0.759. The van der Waals surface area contributed by atoms with Gasteiger partial charge in [-0.25, -0.2) is 9.59 Å². The van der Waals surface area contributed by atoms with Crippen LogP contribution in [-0.4, -0.2) is 40.4 Å². The smallest absolute Gasteiger partial charge is 0.351 e. The van der Waals surface area contributed by atoms with Gasteiger partial charge in [-0.15, -0.1) is 0 Å². The molecule has 0 aliphatic heterocycles. The summed E-state index contributed by atoms with van der Waals surface area (Å²) in [5, 5.41) is 9.07. The van der Waals surface area contributed by atoms with Crippen LogP contribution in [0.5, 0.6) is 23.0 Å². The lowest BCUT2D eigenvalue weighted by Crippen LogP contribution is -2.12. The Labute approximate surface area is 167 Å². The molecule has 0 N–H and O–H groups in total. The van der Waals surface area contributed by atoms with Crippen LogP contribution < -0.4 is 18.9 Å². The van der Waals surface area contributed by atoms with Crippen molar-refractivity contribution in [1.29, 1.82) is 5.26 Å². The molecule has 0 unspecified atom stereocenters. The molecule has 0 aliphatic carbocycles. The first kappa shape index (κ1) is 21.3. The molecule has 2 aromatic carbocycles. The molecule has 150 valence electrons. The molecule has 8 heteroatoms. The quantitative estimate of drug-likeness (QED) is 0.304. The van der Waals surface area contributed by atoms with Crippen molar-refractivity contribution in [1.82, 2.24) is 0 Å². The Bertz CT molecular complexity index is 967. The van der Waals surface area contributed by atoms with Gasteiger partial charge in [0, 0.05) is 0 Å². The van der Waals surface area contributed by atoms with Gasteiger partial charge in [0.05, 0.1) is 28.4 Å². The van der Waals surface area contributed by atoms with Crippen molar-refractivity contribution in [2.24, 2.45) is 0 Å². The normalized spacial score (nSPS) is 10.5. The zero-order chi connectivity index (χ0) is 21.4. The largest absolute Gasteiger partial charge is 0.496 e. The molecule has 0 spiro atoms. The van der Waals surface area contributed by atoms with E-state index < -0.39 is 11.9 Å². The van der Waals surface area contributed by atoms with Crippen LogP contribution in [0.15, 0.2) is 42.0 Å². The van der Waals surface area contributed by atoms with E-state index >= 15 is 0 Å². The molecule has 0 saturated heterocycles.